The molecule has 1 aromatic carbocycles. The van der Waals surface area contributed by atoms with E-state index in [1.165, 1.54) is 0 Å². The SMILES string of the molecule is CN(C)Cc1cc(-c2cccc(CN)c2)no1. The van der Waals surface area contributed by atoms with Gasteiger partial charge in [-0.3, -0.25) is 0 Å². The first-order valence-electron chi connectivity index (χ1n) is 5.59. The van der Waals surface area contributed by atoms with Crippen LogP contribution in [-0.4, -0.2) is 24.2 Å². The van der Waals surface area contributed by atoms with Gasteiger partial charge in [0, 0.05) is 18.2 Å². The first-order chi connectivity index (χ1) is 8.19. The Morgan fingerprint density at radius 2 is 2.12 bits per heavy atom. The maximum absolute atomic E-state index is 5.62. The molecule has 4 nitrogen and oxygen atoms in total. The Morgan fingerprint density at radius 3 is 2.82 bits per heavy atom. The standard InChI is InChI=1S/C13H17N3O/c1-16(2)9-12-7-13(15-17-12)11-5-3-4-10(6-11)8-14/h3-7H,8-9,14H2,1-2H3. The molecule has 0 saturated heterocycles. The van der Waals surface area contributed by atoms with Crippen molar-refractivity contribution < 1.29 is 4.52 Å². The molecule has 0 aliphatic rings. The highest BCUT2D eigenvalue weighted by Gasteiger charge is 2.07. The third-order valence-corrected chi connectivity index (χ3v) is 2.49. The molecule has 0 aliphatic carbocycles. The summed E-state index contributed by atoms with van der Waals surface area (Å²) in [5.41, 5.74) is 8.62. The maximum Gasteiger partial charge on any atom is 0.151 e. The van der Waals surface area contributed by atoms with Gasteiger partial charge in [0.1, 0.15) is 5.69 Å². The molecule has 17 heavy (non-hydrogen) atoms. The van der Waals surface area contributed by atoms with E-state index >= 15 is 0 Å². The second-order valence-electron chi connectivity index (χ2n) is 4.32. The molecule has 2 rings (SSSR count). The van der Waals surface area contributed by atoms with Crippen molar-refractivity contribution in [1.29, 1.82) is 0 Å². The molecule has 1 heterocycles. The van der Waals surface area contributed by atoms with Crippen LogP contribution < -0.4 is 5.73 Å². The number of hydrogen-bond donors (Lipinski definition) is 1. The van der Waals surface area contributed by atoms with Crippen molar-refractivity contribution in [3.05, 3.63) is 41.7 Å². The number of nitrogens with zero attached hydrogens (tertiary/aromatic N) is 2. The predicted molar refractivity (Wildman–Crippen MR) is 67.2 cm³/mol. The summed E-state index contributed by atoms with van der Waals surface area (Å²) < 4.78 is 5.28. The summed E-state index contributed by atoms with van der Waals surface area (Å²) >= 11 is 0. The molecule has 0 saturated carbocycles. The minimum absolute atomic E-state index is 0.538. The van der Waals surface area contributed by atoms with E-state index in [1.807, 2.05) is 49.3 Å². The molecule has 0 atom stereocenters. The zero-order valence-electron chi connectivity index (χ0n) is 10.2. The van der Waals surface area contributed by atoms with Crippen LogP contribution in [0, 0.1) is 0 Å². The third-order valence-electron chi connectivity index (χ3n) is 2.49. The number of benzene rings is 1. The number of aromatic nitrogens is 1. The number of nitrogens with two attached hydrogens (primary N) is 1. The van der Waals surface area contributed by atoms with Crippen LogP contribution in [0.15, 0.2) is 34.9 Å². The fourth-order valence-electron chi connectivity index (χ4n) is 1.69. The summed E-state index contributed by atoms with van der Waals surface area (Å²) in [6, 6.07) is 10.0. The Labute approximate surface area is 101 Å². The van der Waals surface area contributed by atoms with Gasteiger partial charge in [0.2, 0.25) is 0 Å². The summed E-state index contributed by atoms with van der Waals surface area (Å²) in [6.45, 7) is 1.29. The fourth-order valence-corrected chi connectivity index (χ4v) is 1.69. The average molecular weight is 231 g/mol. The van der Waals surface area contributed by atoms with Crippen LogP contribution in [0.1, 0.15) is 11.3 Å². The molecule has 90 valence electrons. The van der Waals surface area contributed by atoms with Gasteiger partial charge in [0.25, 0.3) is 0 Å². The van der Waals surface area contributed by atoms with E-state index in [9.17, 15) is 0 Å². The normalized spacial score (nSPS) is 11.1. The average Bonchev–Trinajstić information content (AvgIpc) is 2.77. The highest BCUT2D eigenvalue weighted by molar-refractivity contribution is 5.59. The molecule has 0 aliphatic heterocycles. The Morgan fingerprint density at radius 1 is 1.29 bits per heavy atom. The second-order valence-corrected chi connectivity index (χ2v) is 4.32. The Balaban J connectivity index is 2.24. The fraction of sp³-hybridized carbons (Fsp3) is 0.308. The highest BCUT2D eigenvalue weighted by Crippen LogP contribution is 2.20. The summed E-state index contributed by atoms with van der Waals surface area (Å²) in [5, 5.41) is 4.07. The van der Waals surface area contributed by atoms with Crippen molar-refractivity contribution in [3.8, 4) is 11.3 Å². The smallest absolute Gasteiger partial charge is 0.151 e. The summed E-state index contributed by atoms with van der Waals surface area (Å²) in [6.07, 6.45) is 0. The van der Waals surface area contributed by atoms with Crippen molar-refractivity contribution in [2.45, 2.75) is 13.1 Å². The Bertz CT molecular complexity index is 491. The Kier molecular flexibility index (Phi) is 3.56. The molecular weight excluding hydrogens is 214 g/mol. The molecule has 0 fully saturated rings. The number of rotatable bonds is 4. The van der Waals surface area contributed by atoms with Crippen molar-refractivity contribution in [2.24, 2.45) is 5.73 Å². The first-order valence-corrected chi connectivity index (χ1v) is 5.59. The van der Waals surface area contributed by atoms with Gasteiger partial charge >= 0.3 is 0 Å². The highest BCUT2D eigenvalue weighted by atomic mass is 16.5. The molecule has 1 aromatic heterocycles. The largest absolute Gasteiger partial charge is 0.359 e. The Hall–Kier alpha value is -1.65. The molecule has 4 heteroatoms. The molecule has 0 bridgehead atoms. The van der Waals surface area contributed by atoms with E-state index < -0.39 is 0 Å². The molecular formula is C13H17N3O. The summed E-state index contributed by atoms with van der Waals surface area (Å²) in [4.78, 5) is 2.04. The van der Waals surface area contributed by atoms with E-state index in [4.69, 9.17) is 10.3 Å². The minimum Gasteiger partial charge on any atom is -0.359 e. The molecule has 0 spiro atoms. The molecule has 0 amide bonds. The zero-order valence-corrected chi connectivity index (χ0v) is 10.2. The zero-order chi connectivity index (χ0) is 12.3. The molecule has 0 unspecified atom stereocenters. The van der Waals surface area contributed by atoms with Crippen LogP contribution >= 0.6 is 0 Å². The van der Waals surface area contributed by atoms with E-state index in [1.54, 1.807) is 0 Å². The first kappa shape index (κ1) is 11.8. The monoisotopic (exact) mass is 231 g/mol. The minimum atomic E-state index is 0.538. The van der Waals surface area contributed by atoms with Gasteiger partial charge in [-0.25, -0.2) is 0 Å². The van der Waals surface area contributed by atoms with E-state index in [-0.39, 0.29) is 0 Å². The second kappa shape index (κ2) is 5.12. The number of hydrogen-bond acceptors (Lipinski definition) is 4. The summed E-state index contributed by atoms with van der Waals surface area (Å²) in [5.74, 6) is 0.864. The van der Waals surface area contributed by atoms with Crippen LogP contribution in [0.3, 0.4) is 0 Å². The van der Waals surface area contributed by atoms with Gasteiger partial charge < -0.3 is 15.2 Å². The quantitative estimate of drug-likeness (QED) is 0.872. The van der Waals surface area contributed by atoms with Crippen LogP contribution in [-0.2, 0) is 13.1 Å². The summed E-state index contributed by atoms with van der Waals surface area (Å²) in [7, 11) is 3.99. The van der Waals surface area contributed by atoms with Crippen LogP contribution in [0.5, 0.6) is 0 Å². The van der Waals surface area contributed by atoms with Gasteiger partial charge in [-0.05, 0) is 25.7 Å². The van der Waals surface area contributed by atoms with Gasteiger partial charge in [0.05, 0.1) is 6.54 Å². The van der Waals surface area contributed by atoms with Crippen molar-refractivity contribution in [3.63, 3.8) is 0 Å². The molecule has 2 N–H and O–H groups in total. The lowest BCUT2D eigenvalue weighted by Gasteiger charge is -2.04. The van der Waals surface area contributed by atoms with E-state index in [2.05, 4.69) is 5.16 Å². The molecule has 0 radical (unpaired) electrons. The lowest BCUT2D eigenvalue weighted by molar-refractivity contribution is 0.310. The van der Waals surface area contributed by atoms with Crippen molar-refractivity contribution in [1.82, 2.24) is 10.1 Å². The van der Waals surface area contributed by atoms with E-state index in [0.717, 1.165) is 29.1 Å². The topological polar surface area (TPSA) is 55.3 Å². The third kappa shape index (κ3) is 2.93. The lowest BCUT2D eigenvalue weighted by atomic mass is 10.1. The predicted octanol–water partition coefficient (Wildman–Crippen LogP) is 1.86. The van der Waals surface area contributed by atoms with Crippen LogP contribution in [0.4, 0.5) is 0 Å². The van der Waals surface area contributed by atoms with Crippen LogP contribution in [0.25, 0.3) is 11.3 Å². The lowest BCUT2D eigenvalue weighted by Crippen LogP contribution is -2.09. The van der Waals surface area contributed by atoms with Gasteiger partial charge in [0.15, 0.2) is 5.76 Å². The van der Waals surface area contributed by atoms with Gasteiger partial charge in [-0.1, -0.05) is 23.4 Å². The molecule has 2 aromatic rings. The maximum atomic E-state index is 5.62. The van der Waals surface area contributed by atoms with Gasteiger partial charge in [-0.2, -0.15) is 0 Å². The van der Waals surface area contributed by atoms with Crippen molar-refractivity contribution in [2.75, 3.05) is 14.1 Å². The van der Waals surface area contributed by atoms with Crippen LogP contribution in [0.2, 0.25) is 0 Å². The van der Waals surface area contributed by atoms with Gasteiger partial charge in [-0.15, -0.1) is 0 Å². The van der Waals surface area contributed by atoms with E-state index in [0.29, 0.717) is 6.54 Å². The van der Waals surface area contributed by atoms with Crippen molar-refractivity contribution >= 4 is 0 Å².